The number of benzene rings is 2. The standard InChI is InChI=1S/2C7H5NO3.CH2O/c9-5-6-2-1-3-7(4-6)8(10)11;9-5-6-3-1-2-4-7(6)8(10)11;1-2/h2*1-5H;1H2. The Bertz CT molecular complexity index is 731. The van der Waals surface area contributed by atoms with Crippen molar-refractivity contribution in [1.29, 1.82) is 0 Å². The summed E-state index contributed by atoms with van der Waals surface area (Å²) in [6.45, 7) is 2.00. The van der Waals surface area contributed by atoms with Crippen LogP contribution in [0.2, 0.25) is 0 Å². The zero-order chi connectivity index (χ0) is 18.5. The van der Waals surface area contributed by atoms with Crippen molar-refractivity contribution in [3.05, 3.63) is 79.9 Å². The molecule has 0 aliphatic heterocycles. The monoisotopic (exact) mass is 332 g/mol. The topological polar surface area (TPSA) is 137 Å². The van der Waals surface area contributed by atoms with Gasteiger partial charge in [0.1, 0.15) is 13.1 Å². The minimum absolute atomic E-state index is 0.0606. The van der Waals surface area contributed by atoms with Gasteiger partial charge in [-0.25, -0.2) is 0 Å². The molecule has 0 spiro atoms. The number of non-ortho nitro benzene ring substituents is 1. The molecule has 24 heavy (non-hydrogen) atoms. The van der Waals surface area contributed by atoms with Crippen LogP contribution >= 0.6 is 0 Å². The summed E-state index contributed by atoms with van der Waals surface area (Å²) in [4.78, 5) is 47.7. The third-order valence-electron chi connectivity index (χ3n) is 2.48. The highest BCUT2D eigenvalue weighted by atomic mass is 16.6. The van der Waals surface area contributed by atoms with Crippen LogP contribution < -0.4 is 0 Å². The van der Waals surface area contributed by atoms with Crippen LogP contribution in [-0.2, 0) is 4.79 Å². The average molecular weight is 332 g/mol. The van der Waals surface area contributed by atoms with Crippen molar-refractivity contribution in [1.82, 2.24) is 0 Å². The largest absolute Gasteiger partial charge is 0.307 e. The Labute approximate surface area is 135 Å². The summed E-state index contributed by atoms with van der Waals surface area (Å²) in [5.41, 5.74) is 0.216. The molecule has 9 nitrogen and oxygen atoms in total. The van der Waals surface area contributed by atoms with E-state index < -0.39 is 9.85 Å². The molecule has 0 heterocycles. The Hall–Kier alpha value is -3.75. The first-order valence-electron chi connectivity index (χ1n) is 6.16. The summed E-state index contributed by atoms with van der Waals surface area (Å²) >= 11 is 0. The number of hydrogen-bond donors (Lipinski definition) is 0. The number of carbonyl (C=O) groups excluding carboxylic acids is 3. The molecular formula is C15H12N2O7. The highest BCUT2D eigenvalue weighted by Gasteiger charge is 2.09. The second kappa shape index (κ2) is 10.9. The van der Waals surface area contributed by atoms with Gasteiger partial charge in [0, 0.05) is 23.8 Å². The van der Waals surface area contributed by atoms with Crippen LogP contribution in [0, 0.1) is 20.2 Å². The lowest BCUT2D eigenvalue weighted by molar-refractivity contribution is -0.385. The van der Waals surface area contributed by atoms with Gasteiger partial charge < -0.3 is 4.79 Å². The van der Waals surface area contributed by atoms with E-state index in [1.54, 1.807) is 6.07 Å². The lowest BCUT2D eigenvalue weighted by Crippen LogP contribution is -1.92. The van der Waals surface area contributed by atoms with Crippen LogP contribution in [-0.4, -0.2) is 29.2 Å². The first-order valence-corrected chi connectivity index (χ1v) is 6.16. The van der Waals surface area contributed by atoms with Crippen molar-refractivity contribution in [3.8, 4) is 0 Å². The van der Waals surface area contributed by atoms with Gasteiger partial charge >= 0.3 is 0 Å². The smallest absolute Gasteiger partial charge is 0.279 e. The lowest BCUT2D eigenvalue weighted by Gasteiger charge is -1.91. The number of hydrogen-bond acceptors (Lipinski definition) is 7. The molecule has 0 unspecified atom stereocenters. The van der Waals surface area contributed by atoms with E-state index in [4.69, 9.17) is 4.79 Å². The van der Waals surface area contributed by atoms with Crippen LogP contribution in [0.4, 0.5) is 11.4 Å². The maximum Gasteiger partial charge on any atom is 0.279 e. The van der Waals surface area contributed by atoms with Gasteiger partial charge in [0.25, 0.3) is 11.4 Å². The Balaban J connectivity index is 0.000000400. The van der Waals surface area contributed by atoms with Crippen molar-refractivity contribution in [2.24, 2.45) is 0 Å². The van der Waals surface area contributed by atoms with Crippen LogP contribution in [0.3, 0.4) is 0 Å². The van der Waals surface area contributed by atoms with E-state index in [9.17, 15) is 29.8 Å². The van der Waals surface area contributed by atoms with Crippen molar-refractivity contribution in [2.45, 2.75) is 0 Å². The van der Waals surface area contributed by atoms with E-state index in [-0.39, 0.29) is 16.9 Å². The Morgan fingerprint density at radius 2 is 1.46 bits per heavy atom. The van der Waals surface area contributed by atoms with Crippen LogP contribution in [0.1, 0.15) is 20.7 Å². The minimum atomic E-state index is -0.580. The first kappa shape index (κ1) is 20.2. The molecule has 124 valence electrons. The Morgan fingerprint density at radius 1 is 0.833 bits per heavy atom. The summed E-state index contributed by atoms with van der Waals surface area (Å²) < 4.78 is 0. The van der Waals surface area contributed by atoms with Crippen LogP contribution in [0.25, 0.3) is 0 Å². The van der Waals surface area contributed by atoms with Crippen molar-refractivity contribution < 1.29 is 24.2 Å². The fourth-order valence-corrected chi connectivity index (χ4v) is 1.47. The van der Waals surface area contributed by atoms with E-state index >= 15 is 0 Å². The number of nitro groups is 2. The maximum absolute atomic E-state index is 10.2. The Morgan fingerprint density at radius 3 is 1.92 bits per heavy atom. The molecule has 0 bridgehead atoms. The van der Waals surface area contributed by atoms with Gasteiger partial charge in [-0.05, 0) is 6.07 Å². The summed E-state index contributed by atoms with van der Waals surface area (Å²) in [5, 5.41) is 20.4. The van der Waals surface area contributed by atoms with Gasteiger partial charge in [-0.1, -0.05) is 24.3 Å². The maximum atomic E-state index is 10.2. The molecule has 0 N–H and O–H groups in total. The molecule has 2 aromatic carbocycles. The van der Waals surface area contributed by atoms with Gasteiger partial charge in [0.05, 0.1) is 15.4 Å². The number of aldehydes is 2. The predicted molar refractivity (Wildman–Crippen MR) is 84.1 cm³/mol. The number of para-hydroxylation sites is 1. The van der Waals surface area contributed by atoms with Gasteiger partial charge in [-0.3, -0.25) is 29.8 Å². The van der Waals surface area contributed by atoms with Crippen molar-refractivity contribution in [3.63, 3.8) is 0 Å². The number of rotatable bonds is 4. The molecule has 0 aromatic heterocycles. The summed E-state index contributed by atoms with van der Waals surface area (Å²) in [6.07, 6.45) is 1.05. The normalized spacial score (nSPS) is 8.50. The lowest BCUT2D eigenvalue weighted by atomic mass is 10.2. The molecule has 0 saturated carbocycles. The second-order valence-electron chi connectivity index (χ2n) is 3.90. The number of nitro benzene ring substituents is 2. The zero-order valence-corrected chi connectivity index (χ0v) is 12.2. The second-order valence-corrected chi connectivity index (χ2v) is 3.90. The van der Waals surface area contributed by atoms with Crippen molar-refractivity contribution in [2.75, 3.05) is 0 Å². The van der Waals surface area contributed by atoms with E-state index in [0.717, 1.165) is 0 Å². The quantitative estimate of drug-likeness (QED) is 0.476. The molecule has 0 atom stereocenters. The van der Waals surface area contributed by atoms with Crippen LogP contribution in [0.5, 0.6) is 0 Å². The fraction of sp³-hybridized carbons (Fsp3) is 0. The molecule has 0 radical (unpaired) electrons. The first-order chi connectivity index (χ1) is 11.5. The minimum Gasteiger partial charge on any atom is -0.307 e. The summed E-state index contributed by atoms with van der Waals surface area (Å²) in [7, 11) is 0. The molecule has 0 aliphatic carbocycles. The highest BCUT2D eigenvalue weighted by Crippen LogP contribution is 2.14. The molecular weight excluding hydrogens is 320 g/mol. The molecule has 0 amide bonds. The average Bonchev–Trinajstić information content (AvgIpc) is 2.63. The van der Waals surface area contributed by atoms with Gasteiger partial charge in [0.2, 0.25) is 0 Å². The number of nitrogens with zero attached hydrogens (tertiary/aromatic N) is 2. The van der Waals surface area contributed by atoms with Gasteiger partial charge in [-0.15, -0.1) is 0 Å². The van der Waals surface area contributed by atoms with E-state index in [1.807, 2.05) is 6.79 Å². The van der Waals surface area contributed by atoms with Crippen molar-refractivity contribution >= 4 is 30.7 Å². The molecule has 0 fully saturated rings. The molecule has 2 aromatic rings. The van der Waals surface area contributed by atoms with E-state index in [0.29, 0.717) is 18.1 Å². The van der Waals surface area contributed by atoms with Crippen LogP contribution in [0.15, 0.2) is 48.5 Å². The SMILES string of the molecule is C=O.O=Cc1cccc([N+](=O)[O-])c1.O=Cc1ccccc1[N+](=O)[O-]. The molecule has 2 rings (SSSR count). The molecule has 9 heteroatoms. The predicted octanol–water partition coefficient (Wildman–Crippen LogP) is 2.63. The van der Waals surface area contributed by atoms with E-state index in [1.165, 1.54) is 42.5 Å². The summed E-state index contributed by atoms with van der Waals surface area (Å²) in [6, 6.07) is 11.4. The van der Waals surface area contributed by atoms with Gasteiger partial charge in [0.15, 0.2) is 6.29 Å². The third-order valence-corrected chi connectivity index (χ3v) is 2.48. The van der Waals surface area contributed by atoms with Gasteiger partial charge in [-0.2, -0.15) is 0 Å². The van der Waals surface area contributed by atoms with E-state index in [2.05, 4.69) is 0 Å². The number of carbonyl (C=O) groups is 3. The summed E-state index contributed by atoms with van der Waals surface area (Å²) in [5.74, 6) is 0. The highest BCUT2D eigenvalue weighted by molar-refractivity contribution is 5.81. The molecule has 0 saturated heterocycles. The fourth-order valence-electron chi connectivity index (χ4n) is 1.47. The Kier molecular flexibility index (Phi) is 9.20. The zero-order valence-electron chi connectivity index (χ0n) is 12.2. The third kappa shape index (κ3) is 6.35. The molecule has 0 aliphatic rings.